The summed E-state index contributed by atoms with van der Waals surface area (Å²) in [4.78, 5) is 15.6. The molecule has 0 saturated heterocycles. The van der Waals surface area contributed by atoms with Gasteiger partial charge in [0.15, 0.2) is 0 Å². The Hall–Kier alpha value is -2.10. The van der Waals surface area contributed by atoms with Crippen LogP contribution in [0.1, 0.15) is 41.7 Å². The summed E-state index contributed by atoms with van der Waals surface area (Å²) >= 11 is 0. The fraction of sp³-hybridized carbons (Fsp3) is 0.333. The zero-order chi connectivity index (χ0) is 13.4. The molecule has 1 saturated carbocycles. The monoisotopic (exact) mass is 257 g/mol. The van der Waals surface area contributed by atoms with Crippen LogP contribution in [0.15, 0.2) is 24.4 Å². The number of fused-ring (bicyclic) bond motifs is 1. The molecular weight excluding hydrogens is 242 g/mol. The fourth-order valence-electron chi connectivity index (χ4n) is 2.35. The van der Waals surface area contributed by atoms with Crippen molar-refractivity contribution in [2.75, 3.05) is 6.61 Å². The van der Waals surface area contributed by atoms with Crippen molar-refractivity contribution >= 4 is 16.7 Å². The Bertz CT molecular complexity index is 647. The van der Waals surface area contributed by atoms with Gasteiger partial charge in [0.2, 0.25) is 0 Å². The van der Waals surface area contributed by atoms with E-state index in [0.29, 0.717) is 18.3 Å². The number of hydrogen-bond acceptors (Lipinski definition) is 3. The number of carboxylic acid groups (broad SMARTS) is 1. The molecule has 1 aromatic carbocycles. The Morgan fingerprint density at radius 3 is 2.84 bits per heavy atom. The van der Waals surface area contributed by atoms with Crippen molar-refractivity contribution in [3.63, 3.8) is 0 Å². The lowest BCUT2D eigenvalue weighted by molar-refractivity contribution is 0.0696. The van der Waals surface area contributed by atoms with E-state index >= 15 is 0 Å². The lowest BCUT2D eigenvalue weighted by atomic mass is 10.0. The molecule has 3 rings (SSSR count). The van der Waals surface area contributed by atoms with E-state index in [1.807, 2.05) is 13.0 Å². The zero-order valence-electron chi connectivity index (χ0n) is 10.7. The molecule has 0 aliphatic heterocycles. The van der Waals surface area contributed by atoms with Crippen LogP contribution in [0.5, 0.6) is 5.75 Å². The second-order valence-electron chi connectivity index (χ2n) is 4.78. The third-order valence-corrected chi connectivity index (χ3v) is 3.38. The van der Waals surface area contributed by atoms with Crippen LogP contribution in [0.25, 0.3) is 10.8 Å². The van der Waals surface area contributed by atoms with Crippen molar-refractivity contribution in [2.24, 2.45) is 0 Å². The second-order valence-corrected chi connectivity index (χ2v) is 4.78. The molecule has 0 radical (unpaired) electrons. The Morgan fingerprint density at radius 2 is 2.21 bits per heavy atom. The Labute approximate surface area is 111 Å². The summed E-state index contributed by atoms with van der Waals surface area (Å²) in [5.41, 5.74) is 1.26. The lowest BCUT2D eigenvalue weighted by Crippen LogP contribution is -2.01. The number of carboxylic acids is 1. The van der Waals surface area contributed by atoms with Crippen LogP contribution in [0.3, 0.4) is 0 Å². The molecule has 1 heterocycles. The Balaban J connectivity index is 2.27. The highest BCUT2D eigenvalue weighted by atomic mass is 16.5. The van der Waals surface area contributed by atoms with E-state index in [2.05, 4.69) is 4.98 Å². The molecule has 0 spiro atoms. The highest BCUT2D eigenvalue weighted by Crippen LogP contribution is 2.43. The minimum Gasteiger partial charge on any atom is -0.493 e. The maximum atomic E-state index is 11.2. The SMILES string of the molecule is CCOc1cc(C(=O)O)cc2c(C3CC3)nccc12. The average Bonchev–Trinajstić information content (AvgIpc) is 3.22. The van der Waals surface area contributed by atoms with Gasteiger partial charge in [-0.05, 0) is 38.0 Å². The first-order valence-electron chi connectivity index (χ1n) is 6.49. The Morgan fingerprint density at radius 1 is 1.42 bits per heavy atom. The molecule has 2 aromatic rings. The third kappa shape index (κ3) is 2.14. The first kappa shape index (κ1) is 12.0. The molecule has 1 N–H and O–H groups in total. The predicted molar refractivity (Wildman–Crippen MR) is 71.8 cm³/mol. The van der Waals surface area contributed by atoms with Crippen LogP contribution in [0.2, 0.25) is 0 Å². The number of aromatic carboxylic acids is 1. The van der Waals surface area contributed by atoms with Crippen molar-refractivity contribution in [1.29, 1.82) is 0 Å². The molecule has 1 aliphatic carbocycles. The number of aromatic nitrogens is 1. The van der Waals surface area contributed by atoms with Gasteiger partial charge < -0.3 is 9.84 Å². The van der Waals surface area contributed by atoms with Gasteiger partial charge in [-0.3, -0.25) is 4.98 Å². The van der Waals surface area contributed by atoms with Gasteiger partial charge in [-0.15, -0.1) is 0 Å². The van der Waals surface area contributed by atoms with Gasteiger partial charge in [-0.1, -0.05) is 0 Å². The maximum Gasteiger partial charge on any atom is 0.335 e. The molecule has 0 unspecified atom stereocenters. The molecule has 1 fully saturated rings. The van der Waals surface area contributed by atoms with Crippen molar-refractivity contribution in [2.45, 2.75) is 25.7 Å². The van der Waals surface area contributed by atoms with Crippen LogP contribution in [0, 0.1) is 0 Å². The first-order chi connectivity index (χ1) is 9.20. The molecule has 1 aromatic heterocycles. The van der Waals surface area contributed by atoms with E-state index in [9.17, 15) is 9.90 Å². The van der Waals surface area contributed by atoms with Crippen molar-refractivity contribution < 1.29 is 14.6 Å². The predicted octanol–water partition coefficient (Wildman–Crippen LogP) is 3.21. The topological polar surface area (TPSA) is 59.4 Å². The highest BCUT2D eigenvalue weighted by molar-refractivity contribution is 5.98. The standard InChI is InChI=1S/C15H15NO3/c1-2-19-13-8-10(15(17)18)7-12-11(13)5-6-16-14(12)9-3-4-9/h5-9H,2-4H2,1H3,(H,17,18). The summed E-state index contributed by atoms with van der Waals surface area (Å²) in [6.45, 7) is 2.40. The summed E-state index contributed by atoms with van der Waals surface area (Å²) in [6.07, 6.45) is 4.04. The highest BCUT2D eigenvalue weighted by Gasteiger charge is 2.27. The minimum absolute atomic E-state index is 0.255. The summed E-state index contributed by atoms with van der Waals surface area (Å²) in [5.74, 6) is 0.164. The summed E-state index contributed by atoms with van der Waals surface area (Å²) < 4.78 is 5.57. The smallest absolute Gasteiger partial charge is 0.335 e. The summed E-state index contributed by atoms with van der Waals surface area (Å²) in [6, 6.07) is 5.18. The first-order valence-corrected chi connectivity index (χ1v) is 6.49. The van der Waals surface area contributed by atoms with E-state index < -0.39 is 5.97 Å². The molecule has 0 bridgehead atoms. The summed E-state index contributed by atoms with van der Waals surface area (Å²) in [5, 5.41) is 11.1. The average molecular weight is 257 g/mol. The number of pyridine rings is 1. The molecule has 4 nitrogen and oxygen atoms in total. The molecule has 4 heteroatoms. The van der Waals surface area contributed by atoms with Gasteiger partial charge in [-0.25, -0.2) is 4.79 Å². The van der Waals surface area contributed by atoms with E-state index in [1.54, 1.807) is 18.3 Å². The Kier molecular flexibility index (Phi) is 2.85. The molecular formula is C15H15NO3. The number of nitrogens with zero attached hydrogens (tertiary/aromatic N) is 1. The minimum atomic E-state index is -0.937. The third-order valence-electron chi connectivity index (χ3n) is 3.38. The molecule has 1 aliphatic rings. The number of carbonyl (C=O) groups is 1. The number of benzene rings is 1. The second kappa shape index (κ2) is 4.53. The van der Waals surface area contributed by atoms with Gasteiger partial charge in [0, 0.05) is 22.9 Å². The normalized spacial score (nSPS) is 14.6. The van der Waals surface area contributed by atoms with Crippen LogP contribution in [-0.2, 0) is 0 Å². The lowest BCUT2D eigenvalue weighted by Gasteiger charge is -2.11. The van der Waals surface area contributed by atoms with E-state index in [-0.39, 0.29) is 5.56 Å². The van der Waals surface area contributed by atoms with Crippen molar-refractivity contribution in [3.8, 4) is 5.75 Å². The molecule has 19 heavy (non-hydrogen) atoms. The van der Waals surface area contributed by atoms with E-state index in [0.717, 1.165) is 29.3 Å². The fourth-order valence-corrected chi connectivity index (χ4v) is 2.35. The van der Waals surface area contributed by atoms with Crippen LogP contribution in [-0.4, -0.2) is 22.7 Å². The van der Waals surface area contributed by atoms with Crippen LogP contribution >= 0.6 is 0 Å². The zero-order valence-corrected chi connectivity index (χ0v) is 10.7. The number of hydrogen-bond donors (Lipinski definition) is 1. The van der Waals surface area contributed by atoms with Gasteiger partial charge in [0.25, 0.3) is 0 Å². The largest absolute Gasteiger partial charge is 0.493 e. The molecule has 98 valence electrons. The van der Waals surface area contributed by atoms with Crippen LogP contribution < -0.4 is 4.74 Å². The number of rotatable bonds is 4. The van der Waals surface area contributed by atoms with E-state index in [4.69, 9.17) is 4.74 Å². The maximum absolute atomic E-state index is 11.2. The quantitative estimate of drug-likeness (QED) is 0.913. The van der Waals surface area contributed by atoms with Gasteiger partial charge >= 0.3 is 5.97 Å². The van der Waals surface area contributed by atoms with Gasteiger partial charge in [-0.2, -0.15) is 0 Å². The molecule has 0 atom stereocenters. The van der Waals surface area contributed by atoms with Crippen LogP contribution in [0.4, 0.5) is 0 Å². The van der Waals surface area contributed by atoms with Gasteiger partial charge in [0.1, 0.15) is 5.75 Å². The van der Waals surface area contributed by atoms with Gasteiger partial charge in [0.05, 0.1) is 17.9 Å². The van der Waals surface area contributed by atoms with Crippen molar-refractivity contribution in [1.82, 2.24) is 4.98 Å². The van der Waals surface area contributed by atoms with Crippen molar-refractivity contribution in [3.05, 3.63) is 35.7 Å². The molecule has 0 amide bonds. The number of ether oxygens (including phenoxy) is 1. The summed E-state index contributed by atoms with van der Waals surface area (Å²) in [7, 11) is 0. The van der Waals surface area contributed by atoms with E-state index in [1.165, 1.54) is 0 Å².